The monoisotopic (exact) mass is 417 g/mol. The smallest absolute Gasteiger partial charge is 0.333 e. The Kier molecular flexibility index (Phi) is 7.68. The number of nitrogens with zero attached hydrogens (tertiary/aromatic N) is 2. The molecule has 30 heavy (non-hydrogen) atoms. The van der Waals surface area contributed by atoms with Crippen molar-refractivity contribution < 1.29 is 23.9 Å². The summed E-state index contributed by atoms with van der Waals surface area (Å²) in [7, 11) is 1.10. The minimum absolute atomic E-state index is 0.0388. The lowest BCUT2D eigenvalue weighted by Gasteiger charge is -2.16. The van der Waals surface area contributed by atoms with Crippen molar-refractivity contribution >= 4 is 23.5 Å². The van der Waals surface area contributed by atoms with E-state index in [4.69, 9.17) is 10.5 Å². The molecule has 160 valence electrons. The first-order valence-electron chi connectivity index (χ1n) is 9.22. The van der Waals surface area contributed by atoms with Gasteiger partial charge in [-0.2, -0.15) is 0 Å². The van der Waals surface area contributed by atoms with E-state index >= 15 is 0 Å². The highest BCUT2D eigenvalue weighted by molar-refractivity contribution is 6.01. The number of benzene rings is 1. The summed E-state index contributed by atoms with van der Waals surface area (Å²) in [5.41, 5.74) is 4.24. The van der Waals surface area contributed by atoms with Crippen LogP contribution in [-0.4, -0.2) is 40.6 Å². The molecular formula is C20H23N3O7. The van der Waals surface area contributed by atoms with Crippen LogP contribution in [0.15, 0.2) is 39.9 Å². The number of ketones is 1. The molecule has 0 aliphatic rings. The Bertz CT molecular complexity index is 1050. The molecule has 0 fully saturated rings. The fourth-order valence-electron chi connectivity index (χ4n) is 2.72. The topological polar surface area (TPSA) is 140 Å². The summed E-state index contributed by atoms with van der Waals surface area (Å²) in [6, 6.07) is 8.75. The molecule has 10 nitrogen and oxygen atoms in total. The average molecular weight is 417 g/mol. The number of carbonyl (C=O) groups is 3. The Labute approximate surface area is 171 Å². The second-order valence-electron chi connectivity index (χ2n) is 6.42. The number of methoxy groups -OCH3 is 1. The highest BCUT2D eigenvalue weighted by Gasteiger charge is 2.25. The van der Waals surface area contributed by atoms with Crippen molar-refractivity contribution in [3.05, 3.63) is 62.3 Å². The zero-order valence-electron chi connectivity index (χ0n) is 16.8. The number of carbonyl (C=O) groups excluding carboxylic acids is 3. The van der Waals surface area contributed by atoms with Gasteiger partial charge in [0.1, 0.15) is 17.9 Å². The summed E-state index contributed by atoms with van der Waals surface area (Å²) >= 11 is 0. The first kappa shape index (κ1) is 22.6. The Balaban J connectivity index is 2.55. The highest BCUT2D eigenvalue weighted by atomic mass is 16.5. The van der Waals surface area contributed by atoms with E-state index in [-0.39, 0.29) is 18.8 Å². The molecule has 0 aliphatic carbocycles. The van der Waals surface area contributed by atoms with E-state index in [1.54, 1.807) is 37.3 Å². The van der Waals surface area contributed by atoms with Crippen LogP contribution in [0.4, 0.5) is 5.82 Å². The van der Waals surface area contributed by atoms with Crippen LogP contribution in [0.1, 0.15) is 35.7 Å². The van der Waals surface area contributed by atoms with E-state index in [9.17, 15) is 24.0 Å². The highest BCUT2D eigenvalue weighted by Crippen LogP contribution is 2.10. The number of nitrogens with two attached hydrogens (primary N) is 1. The molecule has 2 aromatic rings. The molecule has 0 saturated carbocycles. The molecule has 0 amide bonds. The maximum absolute atomic E-state index is 12.8. The van der Waals surface area contributed by atoms with Crippen LogP contribution >= 0.6 is 0 Å². The van der Waals surface area contributed by atoms with Gasteiger partial charge in [0.2, 0.25) is 5.78 Å². The minimum Gasteiger partial charge on any atom is -0.468 e. The lowest BCUT2D eigenvalue weighted by atomic mass is 10.1. The molecule has 0 atom stereocenters. The molecule has 0 spiro atoms. The van der Waals surface area contributed by atoms with Gasteiger partial charge in [-0.25, -0.2) is 9.36 Å². The van der Waals surface area contributed by atoms with E-state index in [2.05, 4.69) is 4.74 Å². The zero-order chi connectivity index (χ0) is 22.3. The van der Waals surface area contributed by atoms with Crippen molar-refractivity contribution in [1.82, 2.24) is 9.13 Å². The fourth-order valence-corrected chi connectivity index (χ4v) is 2.72. The van der Waals surface area contributed by atoms with Crippen LogP contribution in [-0.2, 0) is 32.2 Å². The van der Waals surface area contributed by atoms with Crippen LogP contribution < -0.4 is 17.0 Å². The van der Waals surface area contributed by atoms with Gasteiger partial charge in [-0.15, -0.1) is 0 Å². The summed E-state index contributed by atoms with van der Waals surface area (Å²) in [6.45, 7) is 0.327. The molecule has 0 radical (unpaired) electrons. The summed E-state index contributed by atoms with van der Waals surface area (Å²) < 4.78 is 11.0. The van der Waals surface area contributed by atoms with Gasteiger partial charge in [-0.3, -0.25) is 23.7 Å². The molecule has 1 aromatic carbocycles. The van der Waals surface area contributed by atoms with Crippen molar-refractivity contribution in [2.24, 2.45) is 0 Å². The van der Waals surface area contributed by atoms with Gasteiger partial charge < -0.3 is 15.2 Å². The molecule has 0 unspecified atom stereocenters. The van der Waals surface area contributed by atoms with Crippen LogP contribution in [0.3, 0.4) is 0 Å². The summed E-state index contributed by atoms with van der Waals surface area (Å²) in [5, 5.41) is 0. The van der Waals surface area contributed by atoms with Gasteiger partial charge in [0.05, 0.1) is 13.7 Å². The third-order valence-corrected chi connectivity index (χ3v) is 4.26. The lowest BCUT2D eigenvalue weighted by Crippen LogP contribution is -2.46. The number of nitrogen functional groups attached to an aromatic ring is 1. The maximum atomic E-state index is 12.8. The number of hydrogen-bond donors (Lipinski definition) is 1. The first-order valence-corrected chi connectivity index (χ1v) is 9.22. The Morgan fingerprint density at radius 1 is 1.03 bits per heavy atom. The average Bonchev–Trinajstić information content (AvgIpc) is 2.73. The van der Waals surface area contributed by atoms with Gasteiger partial charge in [-0.05, 0) is 12.0 Å². The summed E-state index contributed by atoms with van der Waals surface area (Å²) in [5.74, 6) is -2.69. The first-order chi connectivity index (χ1) is 14.3. The van der Waals surface area contributed by atoms with Gasteiger partial charge in [0, 0.05) is 6.42 Å². The van der Waals surface area contributed by atoms with E-state index in [1.165, 1.54) is 0 Å². The Hall–Kier alpha value is -3.69. The second kappa shape index (κ2) is 10.2. The molecular weight excluding hydrogens is 394 g/mol. The van der Waals surface area contributed by atoms with Crippen molar-refractivity contribution in [3.63, 3.8) is 0 Å². The molecule has 1 heterocycles. The van der Waals surface area contributed by atoms with Gasteiger partial charge in [0.25, 0.3) is 5.56 Å². The van der Waals surface area contributed by atoms with E-state index < -0.39 is 47.7 Å². The third-order valence-electron chi connectivity index (χ3n) is 4.26. The number of hydrogen-bond acceptors (Lipinski definition) is 8. The van der Waals surface area contributed by atoms with Gasteiger partial charge in [0.15, 0.2) is 6.61 Å². The van der Waals surface area contributed by atoms with Crippen molar-refractivity contribution in [1.29, 1.82) is 0 Å². The van der Waals surface area contributed by atoms with Crippen LogP contribution in [0.25, 0.3) is 0 Å². The largest absolute Gasteiger partial charge is 0.468 e. The minimum atomic E-state index is -1.05. The molecule has 10 heteroatoms. The molecule has 2 rings (SSSR count). The second-order valence-corrected chi connectivity index (χ2v) is 6.42. The predicted octanol–water partition coefficient (Wildman–Crippen LogP) is 0.340. The van der Waals surface area contributed by atoms with Gasteiger partial charge in [-0.1, -0.05) is 37.3 Å². The standard InChI is InChI=1S/C20H23N3O7/c1-3-7-15(25)30-12-14(24)17-18(21)22(10-13-8-5-4-6-9-13)20(28)23(19(17)27)11-16(26)29-2/h4-6,8-9H,3,7,10-12,21H2,1-2H3. The number of Topliss-reactive ketones (excluding diaryl/α,β-unsaturated/α-hetero) is 1. The number of ether oxygens (including phenoxy) is 2. The Morgan fingerprint density at radius 2 is 1.70 bits per heavy atom. The van der Waals surface area contributed by atoms with Crippen LogP contribution in [0.2, 0.25) is 0 Å². The molecule has 0 bridgehead atoms. The summed E-state index contributed by atoms with van der Waals surface area (Å²) in [4.78, 5) is 61.5. The quantitative estimate of drug-likeness (QED) is 0.455. The number of esters is 2. The third kappa shape index (κ3) is 5.22. The van der Waals surface area contributed by atoms with Crippen LogP contribution in [0, 0.1) is 0 Å². The molecule has 1 aromatic heterocycles. The zero-order valence-corrected chi connectivity index (χ0v) is 16.8. The Morgan fingerprint density at radius 3 is 2.30 bits per heavy atom. The normalized spacial score (nSPS) is 10.5. The fraction of sp³-hybridized carbons (Fsp3) is 0.350. The molecule has 0 saturated heterocycles. The number of aromatic nitrogens is 2. The SMILES string of the molecule is CCCC(=O)OCC(=O)c1c(N)n(Cc2ccccc2)c(=O)n(CC(=O)OC)c1=O. The number of rotatable bonds is 9. The van der Waals surface area contributed by atoms with E-state index in [0.717, 1.165) is 11.7 Å². The van der Waals surface area contributed by atoms with Crippen molar-refractivity contribution in [2.75, 3.05) is 19.5 Å². The maximum Gasteiger partial charge on any atom is 0.333 e. The van der Waals surface area contributed by atoms with Crippen LogP contribution in [0.5, 0.6) is 0 Å². The van der Waals surface area contributed by atoms with Crippen molar-refractivity contribution in [3.8, 4) is 0 Å². The molecule has 0 aliphatic heterocycles. The van der Waals surface area contributed by atoms with E-state index in [1.807, 2.05) is 0 Å². The summed E-state index contributed by atoms with van der Waals surface area (Å²) in [6.07, 6.45) is 0.645. The van der Waals surface area contributed by atoms with Gasteiger partial charge >= 0.3 is 17.6 Å². The predicted molar refractivity (Wildman–Crippen MR) is 107 cm³/mol. The van der Waals surface area contributed by atoms with Crippen molar-refractivity contribution in [2.45, 2.75) is 32.9 Å². The lowest BCUT2D eigenvalue weighted by molar-refractivity contribution is -0.142. The molecule has 2 N–H and O–H groups in total. The van der Waals surface area contributed by atoms with E-state index in [0.29, 0.717) is 16.6 Å². The number of anilines is 1.